The third-order valence-electron chi connectivity index (χ3n) is 5.56. The monoisotopic (exact) mass is 470 g/mol. The van der Waals surface area contributed by atoms with Crippen molar-refractivity contribution in [3.63, 3.8) is 0 Å². The minimum Gasteiger partial charge on any atom is -0.491 e. The minimum absolute atomic E-state index is 0.0884. The quantitative estimate of drug-likeness (QED) is 0.356. The lowest BCUT2D eigenvalue weighted by Crippen LogP contribution is -2.39. The molecule has 1 N–H and O–H groups in total. The Hall–Kier alpha value is -3.08. The average molecular weight is 471 g/mol. The Morgan fingerprint density at radius 1 is 1.18 bits per heavy atom. The number of hydrogen-bond acceptors (Lipinski definition) is 9. The van der Waals surface area contributed by atoms with Gasteiger partial charge in [0.2, 0.25) is 0 Å². The van der Waals surface area contributed by atoms with E-state index in [1.54, 1.807) is 24.8 Å². The fourth-order valence-electron chi connectivity index (χ4n) is 3.58. The average Bonchev–Trinajstić information content (AvgIpc) is 3.24. The molecular weight excluding hydrogens is 447 g/mol. The van der Waals surface area contributed by atoms with Crippen LogP contribution in [0.15, 0.2) is 36.1 Å². The third kappa shape index (κ3) is 4.41. The Kier molecular flexibility index (Phi) is 6.21. The highest BCUT2D eigenvalue weighted by Gasteiger charge is 2.28. The molecule has 10 heteroatoms. The standard InChI is InChI=1S/C23H23FN4O4S/c1-13(14-9-30-10-14)32-19-8-15(31-6-5-29-2)7-18-20(19)23(26-11-25-18)28-16-3-4-17-22(21(16)24)33-12-27-17/h3-4,7-8,11-14H,5-6,9-10H2,1-2H3,(H,25,26,28). The van der Waals surface area contributed by atoms with Gasteiger partial charge >= 0.3 is 0 Å². The number of halogens is 1. The summed E-state index contributed by atoms with van der Waals surface area (Å²) in [5.74, 6) is 1.53. The Balaban J connectivity index is 1.55. The molecule has 33 heavy (non-hydrogen) atoms. The van der Waals surface area contributed by atoms with E-state index in [1.807, 2.05) is 19.1 Å². The predicted octanol–water partition coefficient (Wildman–Crippen LogP) is 4.56. The molecule has 3 heterocycles. The van der Waals surface area contributed by atoms with Crippen molar-refractivity contribution in [2.75, 3.05) is 38.9 Å². The summed E-state index contributed by atoms with van der Waals surface area (Å²) in [4.78, 5) is 13.0. The number of ether oxygens (including phenoxy) is 4. The lowest BCUT2D eigenvalue weighted by molar-refractivity contribution is -0.0774. The van der Waals surface area contributed by atoms with Crippen molar-refractivity contribution >= 4 is 44.0 Å². The van der Waals surface area contributed by atoms with Gasteiger partial charge in [-0.05, 0) is 19.1 Å². The Morgan fingerprint density at radius 3 is 2.85 bits per heavy atom. The summed E-state index contributed by atoms with van der Waals surface area (Å²) < 4.78 is 38.1. The molecule has 0 radical (unpaired) electrons. The van der Waals surface area contributed by atoms with Crippen molar-refractivity contribution in [1.29, 1.82) is 0 Å². The van der Waals surface area contributed by atoms with E-state index in [0.717, 1.165) is 0 Å². The van der Waals surface area contributed by atoms with E-state index in [2.05, 4.69) is 20.3 Å². The van der Waals surface area contributed by atoms with Crippen LogP contribution in [0.25, 0.3) is 21.1 Å². The van der Waals surface area contributed by atoms with Crippen LogP contribution in [-0.2, 0) is 9.47 Å². The lowest BCUT2D eigenvalue weighted by Gasteiger charge is -2.32. The molecule has 0 saturated carbocycles. The molecule has 0 amide bonds. The van der Waals surface area contributed by atoms with Gasteiger partial charge in [0, 0.05) is 25.2 Å². The molecule has 0 bridgehead atoms. The maximum absolute atomic E-state index is 15.1. The minimum atomic E-state index is -0.372. The molecule has 1 aliphatic heterocycles. The molecule has 0 spiro atoms. The van der Waals surface area contributed by atoms with Crippen molar-refractivity contribution in [3.8, 4) is 11.5 Å². The van der Waals surface area contributed by atoms with Crippen LogP contribution in [-0.4, -0.2) is 54.6 Å². The first-order valence-corrected chi connectivity index (χ1v) is 11.5. The zero-order valence-corrected chi connectivity index (χ0v) is 19.0. The summed E-state index contributed by atoms with van der Waals surface area (Å²) in [6.07, 6.45) is 1.34. The number of benzene rings is 2. The Bertz CT molecular complexity index is 1280. The van der Waals surface area contributed by atoms with E-state index < -0.39 is 0 Å². The summed E-state index contributed by atoms with van der Waals surface area (Å²) >= 11 is 1.26. The molecule has 8 nitrogen and oxygen atoms in total. The second kappa shape index (κ2) is 9.42. The van der Waals surface area contributed by atoms with Gasteiger partial charge in [0.1, 0.15) is 36.4 Å². The van der Waals surface area contributed by atoms with Crippen molar-refractivity contribution in [2.24, 2.45) is 5.92 Å². The van der Waals surface area contributed by atoms with E-state index in [4.69, 9.17) is 18.9 Å². The van der Waals surface area contributed by atoms with Crippen molar-refractivity contribution in [2.45, 2.75) is 13.0 Å². The number of rotatable bonds is 9. The molecule has 5 rings (SSSR count). The highest BCUT2D eigenvalue weighted by molar-refractivity contribution is 7.16. The van der Waals surface area contributed by atoms with E-state index in [1.165, 1.54) is 17.7 Å². The van der Waals surface area contributed by atoms with Crippen molar-refractivity contribution in [1.82, 2.24) is 15.0 Å². The van der Waals surface area contributed by atoms with Crippen LogP contribution in [0.4, 0.5) is 15.9 Å². The smallest absolute Gasteiger partial charge is 0.166 e. The van der Waals surface area contributed by atoms with Crippen LogP contribution in [0.3, 0.4) is 0 Å². The second-order valence-electron chi connectivity index (χ2n) is 7.75. The van der Waals surface area contributed by atoms with Crippen LogP contribution in [0, 0.1) is 11.7 Å². The molecule has 1 fully saturated rings. The van der Waals surface area contributed by atoms with Gasteiger partial charge < -0.3 is 24.3 Å². The largest absolute Gasteiger partial charge is 0.491 e. The predicted molar refractivity (Wildman–Crippen MR) is 124 cm³/mol. The Labute approximate surface area is 193 Å². The molecule has 1 unspecified atom stereocenters. The number of thiazole rings is 1. The second-order valence-corrected chi connectivity index (χ2v) is 8.61. The van der Waals surface area contributed by atoms with Gasteiger partial charge in [0.15, 0.2) is 5.82 Å². The summed E-state index contributed by atoms with van der Waals surface area (Å²) in [6.45, 7) is 4.17. The third-order valence-corrected chi connectivity index (χ3v) is 6.40. The van der Waals surface area contributed by atoms with Gasteiger partial charge in [0.05, 0.1) is 52.1 Å². The zero-order valence-electron chi connectivity index (χ0n) is 18.2. The highest BCUT2D eigenvalue weighted by Crippen LogP contribution is 2.38. The number of nitrogens with one attached hydrogen (secondary N) is 1. The van der Waals surface area contributed by atoms with Crippen LogP contribution in [0.1, 0.15) is 6.92 Å². The first-order valence-electron chi connectivity index (χ1n) is 10.6. The number of anilines is 2. The van der Waals surface area contributed by atoms with Gasteiger partial charge in [-0.3, -0.25) is 0 Å². The number of hydrogen-bond donors (Lipinski definition) is 1. The molecule has 1 atom stereocenters. The first kappa shape index (κ1) is 21.7. The zero-order chi connectivity index (χ0) is 22.8. The summed E-state index contributed by atoms with van der Waals surface area (Å²) in [5, 5.41) is 3.77. The van der Waals surface area contributed by atoms with E-state index >= 15 is 4.39 Å². The van der Waals surface area contributed by atoms with Crippen LogP contribution in [0.2, 0.25) is 0 Å². The van der Waals surface area contributed by atoms with E-state index in [9.17, 15) is 0 Å². The highest BCUT2D eigenvalue weighted by atomic mass is 32.1. The SMILES string of the molecule is COCCOc1cc(OC(C)C2COC2)c2c(Nc3ccc4ncsc4c3F)ncnc2c1. The topological polar surface area (TPSA) is 87.6 Å². The van der Waals surface area contributed by atoms with Gasteiger partial charge in [-0.25, -0.2) is 19.3 Å². The molecular formula is C23H23FN4O4S. The molecule has 0 aliphatic carbocycles. The number of fused-ring (bicyclic) bond motifs is 2. The normalized spacial score (nSPS) is 14.9. The summed E-state index contributed by atoms with van der Waals surface area (Å²) in [5.41, 5.74) is 3.17. The molecule has 2 aromatic carbocycles. The number of aromatic nitrogens is 3. The van der Waals surface area contributed by atoms with Crippen molar-refractivity contribution in [3.05, 3.63) is 41.9 Å². The van der Waals surface area contributed by atoms with Gasteiger partial charge in [0.25, 0.3) is 0 Å². The van der Waals surface area contributed by atoms with Crippen LogP contribution < -0.4 is 14.8 Å². The maximum Gasteiger partial charge on any atom is 0.166 e. The Morgan fingerprint density at radius 2 is 2.06 bits per heavy atom. The van der Waals surface area contributed by atoms with E-state index in [-0.39, 0.29) is 11.9 Å². The first-order chi connectivity index (χ1) is 16.1. The summed E-state index contributed by atoms with van der Waals surface area (Å²) in [6, 6.07) is 7.05. The van der Waals surface area contributed by atoms with Crippen LogP contribution in [0.5, 0.6) is 11.5 Å². The molecule has 1 aliphatic rings. The maximum atomic E-state index is 15.1. The summed E-state index contributed by atoms with van der Waals surface area (Å²) in [7, 11) is 1.62. The molecule has 4 aromatic rings. The molecule has 2 aromatic heterocycles. The fourth-order valence-corrected chi connectivity index (χ4v) is 4.31. The van der Waals surface area contributed by atoms with Gasteiger partial charge in [-0.2, -0.15) is 0 Å². The molecule has 172 valence electrons. The van der Waals surface area contributed by atoms with Gasteiger partial charge in [-0.1, -0.05) is 0 Å². The van der Waals surface area contributed by atoms with Gasteiger partial charge in [-0.15, -0.1) is 11.3 Å². The molecule has 1 saturated heterocycles. The van der Waals surface area contributed by atoms with E-state index in [0.29, 0.717) is 76.5 Å². The lowest BCUT2D eigenvalue weighted by atomic mass is 10.0. The van der Waals surface area contributed by atoms with Crippen molar-refractivity contribution < 1.29 is 23.3 Å². The van der Waals surface area contributed by atoms with Crippen LogP contribution >= 0.6 is 11.3 Å². The number of methoxy groups -OCH3 is 1. The number of nitrogens with zero attached hydrogens (tertiary/aromatic N) is 3. The fraction of sp³-hybridized carbons (Fsp3) is 0.348.